The van der Waals surface area contributed by atoms with E-state index in [0.29, 0.717) is 46.2 Å². The lowest BCUT2D eigenvalue weighted by Gasteiger charge is -2.38. The molecule has 0 saturated carbocycles. The number of rotatable bonds is 10. The van der Waals surface area contributed by atoms with Crippen molar-refractivity contribution in [3.05, 3.63) is 116 Å². The first-order chi connectivity index (χ1) is 25.5. The number of carboxylic acids is 1. The number of hydrogen-bond donors (Lipinski definition) is 2. The number of aromatic nitrogens is 1. The van der Waals surface area contributed by atoms with E-state index < -0.39 is 35.4 Å². The van der Waals surface area contributed by atoms with Crippen LogP contribution >= 0.6 is 27.3 Å². The molecule has 2 N–H and O–H groups in total. The molecule has 0 aliphatic carbocycles. The van der Waals surface area contributed by atoms with Gasteiger partial charge in [0.2, 0.25) is 0 Å². The summed E-state index contributed by atoms with van der Waals surface area (Å²) in [6, 6.07) is 9.41. The minimum absolute atomic E-state index is 0.0804. The number of urea groups is 1. The normalized spacial score (nSPS) is 18.8. The van der Waals surface area contributed by atoms with Crippen molar-refractivity contribution in [1.82, 2.24) is 20.1 Å². The molecule has 4 aromatic rings. The number of aliphatic imine (C=N–C) groups is 1. The predicted molar refractivity (Wildman–Crippen MR) is 192 cm³/mol. The SMILES string of the molecule is CCOC(=O)C1=C(CN2CCN3C(=O)N(c4cc(F)cc(Oc5ccc(C(=O)O)cc5F)c4)C[C@@H]3C2)NC(c2nccs2)=N[C@H]1c1ccc(F)cc1Br. The third-order valence-corrected chi connectivity index (χ3v) is 10.4. The van der Waals surface area contributed by atoms with Gasteiger partial charge in [-0.15, -0.1) is 11.3 Å². The van der Waals surface area contributed by atoms with Gasteiger partial charge in [-0.05, 0) is 48.9 Å². The Labute approximate surface area is 313 Å². The van der Waals surface area contributed by atoms with Gasteiger partial charge in [-0.1, -0.05) is 22.0 Å². The van der Waals surface area contributed by atoms with Crippen LogP contribution in [0.1, 0.15) is 33.9 Å². The fourth-order valence-electron chi connectivity index (χ4n) is 6.53. The molecule has 12 nitrogen and oxygen atoms in total. The van der Waals surface area contributed by atoms with E-state index in [0.717, 1.165) is 24.3 Å². The van der Waals surface area contributed by atoms with Gasteiger partial charge >= 0.3 is 18.0 Å². The summed E-state index contributed by atoms with van der Waals surface area (Å²) in [4.78, 5) is 52.9. The summed E-state index contributed by atoms with van der Waals surface area (Å²) in [5.41, 5.74) is 1.27. The summed E-state index contributed by atoms with van der Waals surface area (Å²) < 4.78 is 55.1. The maximum atomic E-state index is 14.9. The van der Waals surface area contributed by atoms with Crippen LogP contribution in [-0.2, 0) is 9.53 Å². The number of carbonyl (C=O) groups is 3. The number of amidine groups is 1. The Morgan fingerprint density at radius 3 is 2.60 bits per heavy atom. The van der Waals surface area contributed by atoms with Gasteiger partial charge in [0, 0.05) is 66.6 Å². The number of nitrogens with zero attached hydrogens (tertiary/aromatic N) is 5. The number of hydrogen-bond acceptors (Lipinski definition) is 10. The number of aromatic carboxylic acids is 1. The van der Waals surface area contributed by atoms with Crippen LogP contribution in [-0.4, -0.2) is 89.1 Å². The smallest absolute Gasteiger partial charge is 0.338 e. The van der Waals surface area contributed by atoms with Gasteiger partial charge in [0.15, 0.2) is 22.4 Å². The number of halogens is 4. The number of nitrogens with one attached hydrogen (secondary N) is 1. The molecule has 17 heteroatoms. The molecular weight excluding hydrogens is 781 g/mol. The summed E-state index contributed by atoms with van der Waals surface area (Å²) in [7, 11) is 0. The number of benzene rings is 3. The maximum absolute atomic E-state index is 14.9. The average Bonchev–Trinajstić information content (AvgIpc) is 3.77. The van der Waals surface area contributed by atoms with Crippen molar-refractivity contribution in [3.8, 4) is 11.5 Å². The van der Waals surface area contributed by atoms with Crippen LogP contribution < -0.4 is 15.0 Å². The molecule has 2 amide bonds. The number of esters is 1. The number of carbonyl (C=O) groups excluding carboxylic acids is 2. The number of piperazine rings is 1. The Bertz CT molecular complexity index is 2170. The van der Waals surface area contributed by atoms with Crippen LogP contribution in [0.5, 0.6) is 11.5 Å². The van der Waals surface area contributed by atoms with Gasteiger partial charge in [-0.3, -0.25) is 14.8 Å². The van der Waals surface area contributed by atoms with E-state index in [9.17, 15) is 27.6 Å². The highest BCUT2D eigenvalue weighted by Crippen LogP contribution is 2.38. The quantitative estimate of drug-likeness (QED) is 0.176. The highest BCUT2D eigenvalue weighted by molar-refractivity contribution is 9.10. The molecule has 7 rings (SSSR count). The zero-order valence-electron chi connectivity index (χ0n) is 27.9. The second-order valence-electron chi connectivity index (χ2n) is 12.3. The molecule has 0 bridgehead atoms. The fourth-order valence-corrected chi connectivity index (χ4v) is 7.68. The van der Waals surface area contributed by atoms with Gasteiger partial charge in [0.1, 0.15) is 23.4 Å². The van der Waals surface area contributed by atoms with E-state index in [4.69, 9.17) is 19.6 Å². The second-order valence-corrected chi connectivity index (χ2v) is 14.0. The van der Waals surface area contributed by atoms with E-state index in [1.54, 1.807) is 29.5 Å². The average molecular weight is 812 g/mol. The van der Waals surface area contributed by atoms with Crippen LogP contribution in [0.25, 0.3) is 0 Å². The van der Waals surface area contributed by atoms with Gasteiger partial charge in [0.05, 0.1) is 29.5 Å². The molecule has 2 saturated heterocycles. The highest BCUT2D eigenvalue weighted by atomic mass is 79.9. The molecular formula is C36H30BrF3N6O6S. The molecule has 3 aliphatic rings. The molecule has 0 spiro atoms. The van der Waals surface area contributed by atoms with Gasteiger partial charge in [-0.25, -0.2) is 32.5 Å². The summed E-state index contributed by atoms with van der Waals surface area (Å²) in [6.07, 6.45) is 1.64. The Morgan fingerprint density at radius 2 is 1.89 bits per heavy atom. The maximum Gasteiger partial charge on any atom is 0.338 e. The largest absolute Gasteiger partial charge is 0.478 e. The summed E-state index contributed by atoms with van der Waals surface area (Å²) in [5, 5.41) is 14.8. The number of carboxylic acid groups (broad SMARTS) is 1. The first-order valence-electron chi connectivity index (χ1n) is 16.4. The van der Waals surface area contributed by atoms with Crippen molar-refractivity contribution < 1.29 is 42.1 Å². The zero-order chi connectivity index (χ0) is 37.4. The molecule has 1 aromatic heterocycles. The van der Waals surface area contributed by atoms with Crippen LogP contribution in [0, 0.1) is 17.5 Å². The van der Waals surface area contributed by atoms with Crippen LogP contribution in [0.3, 0.4) is 0 Å². The van der Waals surface area contributed by atoms with E-state index in [-0.39, 0.29) is 60.1 Å². The number of anilines is 1. The van der Waals surface area contributed by atoms with Gasteiger partial charge < -0.3 is 24.8 Å². The lowest BCUT2D eigenvalue weighted by molar-refractivity contribution is -0.139. The third kappa shape index (κ3) is 7.49. The number of thiazole rings is 1. The standard InChI is InChI=1S/C36H30BrF3N6O6S/c1-2-51-35(49)30-28(42-32(33-41-7-10-53-33)43-31(30)25-5-4-20(38)14-26(25)37)18-44-8-9-45-23(16-44)17-46(36(45)50)22-12-21(39)13-24(15-22)52-29-6-3-19(34(47)48)11-27(29)40/h3-7,10-15,23,31H,2,8-9,16-18H2,1H3,(H,42,43)(H,47,48)/t23-,31-/m0/s1. The van der Waals surface area contributed by atoms with Crippen molar-refractivity contribution in [1.29, 1.82) is 0 Å². The Balaban J connectivity index is 1.14. The molecule has 0 radical (unpaired) electrons. The molecule has 2 atom stereocenters. The monoisotopic (exact) mass is 810 g/mol. The molecule has 274 valence electrons. The van der Waals surface area contributed by atoms with Crippen LogP contribution in [0.4, 0.5) is 23.7 Å². The predicted octanol–water partition coefficient (Wildman–Crippen LogP) is 6.35. The Kier molecular flexibility index (Phi) is 10.2. The van der Waals surface area contributed by atoms with Crippen molar-refractivity contribution in [2.75, 3.05) is 44.2 Å². The van der Waals surface area contributed by atoms with Crippen LogP contribution in [0.15, 0.2) is 86.9 Å². The lowest BCUT2D eigenvalue weighted by atomic mass is 9.95. The summed E-state index contributed by atoms with van der Waals surface area (Å²) in [5.74, 6) is -3.97. The zero-order valence-corrected chi connectivity index (χ0v) is 30.3. The molecule has 2 fully saturated rings. The molecule has 3 aliphatic heterocycles. The lowest BCUT2D eigenvalue weighted by Crippen LogP contribution is -2.53. The van der Waals surface area contributed by atoms with E-state index >= 15 is 0 Å². The van der Waals surface area contributed by atoms with E-state index in [1.165, 1.54) is 40.5 Å². The fraction of sp³-hybridized carbons (Fsp3) is 0.250. The second kappa shape index (κ2) is 15.0. The number of ether oxygens (including phenoxy) is 2. The Hall–Kier alpha value is -5.26. The van der Waals surface area contributed by atoms with Crippen molar-refractivity contribution in [2.24, 2.45) is 4.99 Å². The molecule has 0 unspecified atom stereocenters. The van der Waals surface area contributed by atoms with Crippen molar-refractivity contribution in [3.63, 3.8) is 0 Å². The van der Waals surface area contributed by atoms with Gasteiger partial charge in [0.25, 0.3) is 0 Å². The topological polar surface area (TPSA) is 137 Å². The van der Waals surface area contributed by atoms with Gasteiger partial charge in [-0.2, -0.15) is 0 Å². The van der Waals surface area contributed by atoms with E-state index in [1.807, 2.05) is 0 Å². The van der Waals surface area contributed by atoms with Crippen molar-refractivity contribution in [2.45, 2.75) is 19.0 Å². The van der Waals surface area contributed by atoms with E-state index in [2.05, 4.69) is 31.1 Å². The molecule has 3 aromatic carbocycles. The Morgan fingerprint density at radius 1 is 1.06 bits per heavy atom. The minimum Gasteiger partial charge on any atom is -0.478 e. The first kappa shape index (κ1) is 36.1. The third-order valence-electron chi connectivity index (χ3n) is 8.91. The minimum atomic E-state index is -1.31. The summed E-state index contributed by atoms with van der Waals surface area (Å²) in [6.45, 7) is 3.45. The van der Waals surface area contributed by atoms with Crippen molar-refractivity contribution >= 4 is 56.8 Å². The molecule has 53 heavy (non-hydrogen) atoms. The van der Waals surface area contributed by atoms with Crippen LogP contribution in [0.2, 0.25) is 0 Å². The first-order valence-corrected chi connectivity index (χ1v) is 18.1. The summed E-state index contributed by atoms with van der Waals surface area (Å²) >= 11 is 4.81. The molecule has 4 heterocycles. The number of fused-ring (bicyclic) bond motifs is 1. The number of amides is 2. The highest BCUT2D eigenvalue weighted by Gasteiger charge is 2.42.